The van der Waals surface area contributed by atoms with Gasteiger partial charge in [-0.3, -0.25) is 19.5 Å². The van der Waals surface area contributed by atoms with Gasteiger partial charge in [0.05, 0.1) is 0 Å². The average molecular weight is 396 g/mol. The minimum atomic E-state index is -0.169. The van der Waals surface area contributed by atoms with E-state index in [1.54, 1.807) is 18.3 Å². The first kappa shape index (κ1) is 18.6. The summed E-state index contributed by atoms with van der Waals surface area (Å²) in [7, 11) is 0. The molecule has 1 N–H and O–H groups in total. The van der Waals surface area contributed by atoms with Gasteiger partial charge in [-0.25, -0.2) is 0 Å². The lowest BCUT2D eigenvalue weighted by Gasteiger charge is -2.49. The summed E-state index contributed by atoms with van der Waals surface area (Å²) in [5, 5.41) is 3.95. The van der Waals surface area contributed by atoms with E-state index in [-0.39, 0.29) is 17.9 Å². The van der Waals surface area contributed by atoms with Crippen LogP contribution in [0.15, 0.2) is 22.7 Å². The van der Waals surface area contributed by atoms with Crippen LogP contribution in [-0.2, 0) is 0 Å². The number of nitrogens with one attached hydrogen (secondary N) is 1. The van der Waals surface area contributed by atoms with Gasteiger partial charge in [0.1, 0.15) is 11.3 Å². The van der Waals surface area contributed by atoms with E-state index in [4.69, 9.17) is 4.42 Å². The quantitative estimate of drug-likeness (QED) is 0.863. The normalized spacial score (nSPS) is 29.2. The summed E-state index contributed by atoms with van der Waals surface area (Å²) in [5.74, 6) is 0.623. The summed E-state index contributed by atoms with van der Waals surface area (Å²) < 4.78 is 5.81. The van der Waals surface area contributed by atoms with Crippen LogP contribution in [0.3, 0.4) is 0 Å². The van der Waals surface area contributed by atoms with Crippen LogP contribution in [0.5, 0.6) is 0 Å². The van der Waals surface area contributed by atoms with Gasteiger partial charge in [-0.15, -0.1) is 0 Å². The number of carbonyl (C=O) groups excluding carboxylic acids is 2. The first-order valence-corrected chi connectivity index (χ1v) is 10.8. The van der Waals surface area contributed by atoms with Crippen molar-refractivity contribution in [1.82, 2.24) is 20.1 Å². The van der Waals surface area contributed by atoms with Crippen molar-refractivity contribution in [3.8, 4) is 0 Å². The molecule has 29 heavy (non-hydrogen) atoms. The van der Waals surface area contributed by atoms with Crippen molar-refractivity contribution in [2.24, 2.45) is 5.92 Å². The van der Waals surface area contributed by atoms with E-state index in [1.807, 2.05) is 4.90 Å². The molecule has 2 aromatic rings. The molecule has 4 aliphatic rings. The number of hydrogen-bond donors (Lipinski definition) is 1. The van der Waals surface area contributed by atoms with Crippen LogP contribution in [0, 0.1) is 5.92 Å². The van der Waals surface area contributed by atoms with Crippen LogP contribution in [0.25, 0.3) is 11.0 Å². The molecule has 0 radical (unpaired) electrons. The zero-order valence-corrected chi connectivity index (χ0v) is 16.9. The van der Waals surface area contributed by atoms with Gasteiger partial charge in [-0.1, -0.05) is 0 Å². The summed E-state index contributed by atoms with van der Waals surface area (Å²) in [6.45, 7) is 6.00. The average Bonchev–Trinajstić information content (AvgIpc) is 3.20. The number of hydrogen-bond acceptors (Lipinski definition) is 5. The number of fused-ring (bicyclic) bond motifs is 4. The second-order valence-electron chi connectivity index (χ2n) is 8.68. The van der Waals surface area contributed by atoms with Gasteiger partial charge in [0, 0.05) is 42.8 Å². The summed E-state index contributed by atoms with van der Waals surface area (Å²) in [4.78, 5) is 34.2. The number of aromatic nitrogens is 1. The predicted molar refractivity (Wildman–Crippen MR) is 109 cm³/mol. The second-order valence-corrected chi connectivity index (χ2v) is 8.68. The molecule has 4 fully saturated rings. The van der Waals surface area contributed by atoms with Crippen LogP contribution in [0.2, 0.25) is 0 Å². The Morgan fingerprint density at radius 1 is 1.10 bits per heavy atom. The molecular weight excluding hydrogens is 368 g/mol. The van der Waals surface area contributed by atoms with Gasteiger partial charge in [0.15, 0.2) is 5.76 Å². The SMILES string of the molecule is C[C@H]1[C@H](NC(=O)c2cc3oc(C(=O)N4CCCCC4)cc3cn2)C2CCN1CC2. The third-order valence-corrected chi connectivity index (χ3v) is 6.96. The fourth-order valence-electron chi connectivity index (χ4n) is 5.19. The number of pyridine rings is 1. The highest BCUT2D eigenvalue weighted by atomic mass is 16.3. The second kappa shape index (κ2) is 7.44. The van der Waals surface area contributed by atoms with E-state index in [1.165, 1.54) is 6.42 Å². The minimum Gasteiger partial charge on any atom is -0.451 e. The van der Waals surface area contributed by atoms with Crippen molar-refractivity contribution >= 4 is 22.8 Å². The van der Waals surface area contributed by atoms with E-state index in [2.05, 4.69) is 22.1 Å². The van der Waals surface area contributed by atoms with Crippen LogP contribution >= 0.6 is 0 Å². The molecule has 0 saturated carbocycles. The van der Waals surface area contributed by atoms with Gasteiger partial charge < -0.3 is 14.6 Å². The molecule has 7 nitrogen and oxygen atoms in total. The summed E-state index contributed by atoms with van der Waals surface area (Å²) in [6, 6.07) is 3.91. The standard InChI is InChI=1S/C22H28N4O3/c1-14-20(15-5-9-25(14)10-6-15)24-21(27)17-12-18-16(13-23-17)11-19(29-18)22(28)26-7-3-2-4-8-26/h11-15,20H,2-10H2,1H3,(H,24,27)/t14-,20-/m0/s1. The van der Waals surface area contributed by atoms with Crippen molar-refractivity contribution in [3.63, 3.8) is 0 Å². The number of carbonyl (C=O) groups is 2. The first-order chi connectivity index (χ1) is 14.1. The molecule has 2 bridgehead atoms. The summed E-state index contributed by atoms with van der Waals surface area (Å²) in [5.41, 5.74) is 0.875. The molecule has 0 spiro atoms. The molecule has 2 aromatic heterocycles. The Balaban J connectivity index is 1.33. The van der Waals surface area contributed by atoms with Gasteiger partial charge in [0.2, 0.25) is 0 Å². The van der Waals surface area contributed by atoms with Gasteiger partial charge >= 0.3 is 0 Å². The Bertz CT molecular complexity index is 923. The fraction of sp³-hybridized carbons (Fsp3) is 0.591. The molecule has 0 unspecified atom stereocenters. The molecule has 6 rings (SSSR count). The van der Waals surface area contributed by atoms with Crippen molar-refractivity contribution in [2.45, 2.75) is 51.1 Å². The fourth-order valence-corrected chi connectivity index (χ4v) is 5.19. The lowest BCUT2D eigenvalue weighted by molar-refractivity contribution is 0.0216. The first-order valence-electron chi connectivity index (χ1n) is 10.8. The van der Waals surface area contributed by atoms with E-state index < -0.39 is 0 Å². The topological polar surface area (TPSA) is 78.7 Å². The molecule has 154 valence electrons. The molecule has 4 aliphatic heterocycles. The zero-order chi connectivity index (χ0) is 20.0. The Morgan fingerprint density at radius 2 is 1.86 bits per heavy atom. The molecule has 7 heteroatoms. The predicted octanol–water partition coefficient (Wildman–Crippen LogP) is 2.67. The third kappa shape index (κ3) is 3.41. The highest BCUT2D eigenvalue weighted by Gasteiger charge is 2.40. The lowest BCUT2D eigenvalue weighted by atomic mass is 9.79. The maximum Gasteiger partial charge on any atom is 0.289 e. The van der Waals surface area contributed by atoms with Crippen molar-refractivity contribution in [3.05, 3.63) is 29.8 Å². The number of furan rings is 1. The Kier molecular flexibility index (Phi) is 4.78. The zero-order valence-electron chi connectivity index (χ0n) is 16.9. The van der Waals surface area contributed by atoms with Crippen LogP contribution in [0.4, 0.5) is 0 Å². The van der Waals surface area contributed by atoms with E-state index in [9.17, 15) is 9.59 Å². The summed E-state index contributed by atoms with van der Waals surface area (Å²) in [6.07, 6.45) is 7.15. The van der Waals surface area contributed by atoms with Crippen molar-refractivity contribution < 1.29 is 14.0 Å². The Labute approximate surface area is 170 Å². The lowest BCUT2D eigenvalue weighted by Crippen LogP contribution is -2.62. The van der Waals surface area contributed by atoms with Crippen LogP contribution in [-0.4, -0.2) is 64.9 Å². The van der Waals surface area contributed by atoms with Crippen LogP contribution < -0.4 is 5.32 Å². The monoisotopic (exact) mass is 396 g/mol. The number of amides is 2. The maximum atomic E-state index is 12.9. The van der Waals surface area contributed by atoms with Crippen LogP contribution in [0.1, 0.15) is 60.1 Å². The number of piperidine rings is 4. The Morgan fingerprint density at radius 3 is 2.59 bits per heavy atom. The van der Waals surface area contributed by atoms with Crippen molar-refractivity contribution in [1.29, 1.82) is 0 Å². The molecule has 0 aliphatic carbocycles. The Hall–Kier alpha value is -2.41. The van der Waals surface area contributed by atoms with Crippen molar-refractivity contribution in [2.75, 3.05) is 26.2 Å². The molecular formula is C22H28N4O3. The summed E-state index contributed by atoms with van der Waals surface area (Å²) >= 11 is 0. The van der Waals surface area contributed by atoms with E-state index >= 15 is 0 Å². The molecule has 6 heterocycles. The third-order valence-electron chi connectivity index (χ3n) is 6.96. The smallest absolute Gasteiger partial charge is 0.289 e. The van der Waals surface area contributed by atoms with Gasteiger partial charge in [0.25, 0.3) is 11.8 Å². The number of nitrogens with zero attached hydrogens (tertiary/aromatic N) is 3. The number of likely N-dealkylation sites (tertiary alicyclic amines) is 1. The molecule has 4 saturated heterocycles. The largest absolute Gasteiger partial charge is 0.451 e. The molecule has 2 atom stereocenters. The highest BCUT2D eigenvalue weighted by Crippen LogP contribution is 2.32. The maximum absolute atomic E-state index is 12.9. The molecule has 2 amide bonds. The van der Waals surface area contributed by atoms with E-state index in [0.717, 1.165) is 57.2 Å². The highest BCUT2D eigenvalue weighted by molar-refractivity contribution is 5.98. The number of rotatable bonds is 3. The molecule has 0 aromatic carbocycles. The van der Waals surface area contributed by atoms with Gasteiger partial charge in [-0.05, 0) is 64.1 Å². The van der Waals surface area contributed by atoms with E-state index in [0.29, 0.717) is 29.0 Å². The minimum absolute atomic E-state index is 0.0759. The van der Waals surface area contributed by atoms with Gasteiger partial charge in [-0.2, -0.15) is 0 Å².